The van der Waals surface area contributed by atoms with Crippen molar-refractivity contribution < 1.29 is 37.0 Å². The molecule has 0 aromatic heterocycles. The van der Waals surface area contributed by atoms with Gasteiger partial charge >= 0.3 is 6.03 Å². The van der Waals surface area contributed by atoms with Crippen molar-refractivity contribution in [1.29, 1.82) is 0 Å². The summed E-state index contributed by atoms with van der Waals surface area (Å²) in [5.41, 5.74) is 0. The third-order valence-corrected chi connectivity index (χ3v) is 10.2. The summed E-state index contributed by atoms with van der Waals surface area (Å²) in [4.78, 5) is 51.4. The third-order valence-electron chi connectivity index (χ3n) is 5.43. The van der Waals surface area contributed by atoms with Gasteiger partial charge in [0.05, 0.1) is 24.3 Å². The normalized spacial score (nSPS) is 25.5. The van der Waals surface area contributed by atoms with Gasteiger partial charge in [-0.15, -0.1) is 0 Å². The molecule has 4 N–H and O–H groups in total. The summed E-state index contributed by atoms with van der Waals surface area (Å²) in [6.45, 7) is 0.508. The monoisotopic (exact) mass is 566 g/mol. The number of hydrogen-bond acceptors (Lipinski definition) is 10. The molecule has 12 nitrogen and oxygen atoms in total. The molecule has 1 unspecified atom stereocenters. The molecule has 0 spiro atoms. The third kappa shape index (κ3) is 8.10. The number of rotatable bonds is 12. The minimum atomic E-state index is -4.68. The molecule has 3 fully saturated rings. The van der Waals surface area contributed by atoms with Crippen molar-refractivity contribution in [2.75, 3.05) is 23.8 Å². The van der Waals surface area contributed by atoms with E-state index in [-0.39, 0.29) is 29.1 Å². The van der Waals surface area contributed by atoms with E-state index < -0.39 is 33.6 Å². The summed E-state index contributed by atoms with van der Waals surface area (Å²) in [6, 6.07) is 0.316. The lowest BCUT2D eigenvalue weighted by molar-refractivity contribution is -0.170. The molecule has 0 aromatic carbocycles. The van der Waals surface area contributed by atoms with Crippen LogP contribution in [0.4, 0.5) is 4.79 Å². The Labute approximate surface area is 215 Å². The average molecular weight is 567 g/mol. The number of amides is 5. The SMILES string of the molecule is O=C(CCCC[C@@H]1SC[C@@H]2NC(=O)N[C@@H]21)NCCSSCC#CON1C(=O)CC(S(=O)(=O)O)C1=O. The molecule has 0 bridgehead atoms. The number of hydroxylamine groups is 2. The van der Waals surface area contributed by atoms with E-state index in [4.69, 9.17) is 9.39 Å². The van der Waals surface area contributed by atoms with E-state index in [1.807, 2.05) is 11.8 Å². The van der Waals surface area contributed by atoms with Crippen LogP contribution >= 0.6 is 33.3 Å². The fourth-order valence-electron chi connectivity index (χ4n) is 3.74. The Balaban J connectivity index is 1.17. The highest BCUT2D eigenvalue weighted by molar-refractivity contribution is 8.76. The zero-order valence-corrected chi connectivity index (χ0v) is 21.8. The van der Waals surface area contributed by atoms with E-state index in [1.54, 1.807) is 0 Å². The number of nitrogens with zero attached hydrogens (tertiary/aromatic N) is 1. The quantitative estimate of drug-likeness (QED) is 0.0631. The van der Waals surface area contributed by atoms with Gasteiger partial charge in [-0.1, -0.05) is 33.1 Å². The van der Waals surface area contributed by atoms with Crippen LogP contribution in [-0.4, -0.2) is 88.2 Å². The van der Waals surface area contributed by atoms with E-state index in [2.05, 4.69) is 28.0 Å². The number of hydrogen-bond donors (Lipinski definition) is 4. The van der Waals surface area contributed by atoms with E-state index >= 15 is 0 Å². The Morgan fingerprint density at radius 1 is 1.26 bits per heavy atom. The number of unbranched alkanes of at least 4 members (excludes halogenated alkanes) is 1. The van der Waals surface area contributed by atoms with Crippen LogP contribution in [0.2, 0.25) is 0 Å². The van der Waals surface area contributed by atoms with Crippen molar-refractivity contribution in [3.8, 4) is 12.0 Å². The van der Waals surface area contributed by atoms with E-state index in [0.717, 1.165) is 25.0 Å². The fraction of sp³-hybridized carbons (Fsp3) is 0.684. The molecule has 0 saturated carbocycles. The van der Waals surface area contributed by atoms with Gasteiger partial charge in [-0.25, -0.2) is 4.79 Å². The Morgan fingerprint density at radius 2 is 2.06 bits per heavy atom. The summed E-state index contributed by atoms with van der Waals surface area (Å²) in [7, 11) is -1.81. The first-order valence-corrected chi connectivity index (χ1v) is 15.9. The number of carbonyl (C=O) groups is 4. The molecule has 5 amide bonds. The Morgan fingerprint density at radius 3 is 2.80 bits per heavy atom. The van der Waals surface area contributed by atoms with Gasteiger partial charge in [0.1, 0.15) is 6.11 Å². The van der Waals surface area contributed by atoms with Crippen LogP contribution in [0, 0.1) is 12.0 Å². The van der Waals surface area contributed by atoms with Crippen LogP contribution < -0.4 is 16.0 Å². The minimum absolute atomic E-state index is 0.000255. The van der Waals surface area contributed by atoms with Gasteiger partial charge in [0, 0.05) is 29.7 Å². The summed E-state index contributed by atoms with van der Waals surface area (Å²) in [6.07, 6.45) is 4.64. The van der Waals surface area contributed by atoms with Crippen molar-refractivity contribution >= 4 is 67.2 Å². The van der Waals surface area contributed by atoms with E-state index in [1.165, 1.54) is 21.6 Å². The number of urea groups is 1. The van der Waals surface area contributed by atoms with Crippen molar-refractivity contribution in [2.24, 2.45) is 0 Å². The molecule has 16 heteroatoms. The lowest BCUT2D eigenvalue weighted by Gasteiger charge is -2.16. The molecule has 3 saturated heterocycles. The summed E-state index contributed by atoms with van der Waals surface area (Å²) in [5.74, 6) is 2.41. The molecule has 4 atom stereocenters. The van der Waals surface area contributed by atoms with Crippen LogP contribution in [0.1, 0.15) is 32.1 Å². The highest BCUT2D eigenvalue weighted by Gasteiger charge is 2.47. The zero-order chi connectivity index (χ0) is 25.4. The summed E-state index contributed by atoms with van der Waals surface area (Å²) in [5, 5.41) is 7.53. The lowest BCUT2D eigenvalue weighted by Crippen LogP contribution is -2.36. The van der Waals surface area contributed by atoms with Crippen LogP contribution in [0.15, 0.2) is 0 Å². The number of imide groups is 1. The maximum Gasteiger partial charge on any atom is 0.315 e. The number of carbonyl (C=O) groups excluding carboxylic acids is 4. The van der Waals surface area contributed by atoms with Gasteiger partial charge < -0.3 is 20.8 Å². The highest BCUT2D eigenvalue weighted by atomic mass is 33.1. The molecule has 35 heavy (non-hydrogen) atoms. The molecular formula is C19H26N4O8S4. The molecule has 3 aliphatic heterocycles. The van der Waals surface area contributed by atoms with Crippen LogP contribution in [0.3, 0.4) is 0 Å². The first-order chi connectivity index (χ1) is 16.7. The van der Waals surface area contributed by atoms with Gasteiger partial charge in [0.15, 0.2) is 5.25 Å². The molecule has 194 valence electrons. The number of fused-ring (bicyclic) bond motifs is 1. The van der Waals surface area contributed by atoms with Gasteiger partial charge in [-0.05, 0) is 18.8 Å². The molecule has 3 heterocycles. The maximum atomic E-state index is 12.0. The van der Waals surface area contributed by atoms with Crippen molar-refractivity contribution in [1.82, 2.24) is 21.0 Å². The van der Waals surface area contributed by atoms with Crippen molar-refractivity contribution in [3.05, 3.63) is 0 Å². The van der Waals surface area contributed by atoms with Crippen molar-refractivity contribution in [2.45, 2.75) is 54.7 Å². The molecule has 0 aromatic rings. The van der Waals surface area contributed by atoms with Crippen LogP contribution in [0.5, 0.6) is 0 Å². The predicted molar refractivity (Wildman–Crippen MR) is 133 cm³/mol. The average Bonchev–Trinajstić information content (AvgIpc) is 3.43. The fourth-order valence-corrected chi connectivity index (χ4v) is 7.53. The van der Waals surface area contributed by atoms with Crippen molar-refractivity contribution in [3.63, 3.8) is 0 Å². The minimum Gasteiger partial charge on any atom is -0.355 e. The highest BCUT2D eigenvalue weighted by Crippen LogP contribution is 2.33. The van der Waals surface area contributed by atoms with Crippen LogP contribution in [-0.2, 0) is 29.3 Å². The molecule has 3 aliphatic rings. The van der Waals surface area contributed by atoms with E-state index in [9.17, 15) is 27.6 Å². The summed E-state index contributed by atoms with van der Waals surface area (Å²) >= 11 is 1.87. The standard InChI is InChI=1S/C19H26N4O8S4/c24-15(5-2-1-4-13-17-12(11-32-13)21-19(27)22-17)20-6-9-34-33-8-3-7-31-23-16(25)10-14(18(23)26)35(28,29)30/h12-14,17H,1-2,4-6,8-11H2,(H,20,24)(H2,21,22,27)(H,28,29,30)/t12-,13-,14?,17-/m0/s1. The Kier molecular flexibility index (Phi) is 10.3. The first-order valence-electron chi connectivity index (χ1n) is 10.8. The van der Waals surface area contributed by atoms with Gasteiger partial charge in [0.25, 0.3) is 21.9 Å². The lowest BCUT2D eigenvalue weighted by atomic mass is 10.0. The number of nitrogens with one attached hydrogen (secondary N) is 3. The maximum absolute atomic E-state index is 12.0. The first kappa shape index (κ1) is 27.8. The summed E-state index contributed by atoms with van der Waals surface area (Å²) < 4.78 is 31.0. The Hall–Kier alpha value is -1.80. The zero-order valence-electron chi connectivity index (χ0n) is 18.6. The predicted octanol–water partition coefficient (Wildman–Crippen LogP) is 0.118. The number of thioether (sulfide) groups is 1. The van der Waals surface area contributed by atoms with E-state index in [0.29, 0.717) is 29.7 Å². The molecular weight excluding hydrogens is 540 g/mol. The largest absolute Gasteiger partial charge is 0.355 e. The van der Waals surface area contributed by atoms with Gasteiger partial charge in [-0.3, -0.25) is 18.9 Å². The van der Waals surface area contributed by atoms with Gasteiger partial charge in [-0.2, -0.15) is 20.2 Å². The molecule has 0 aliphatic carbocycles. The molecule has 0 radical (unpaired) electrons. The molecule has 3 rings (SSSR count). The second-order valence-corrected chi connectivity index (χ2v) is 13.4. The Bertz CT molecular complexity index is 999. The topological polar surface area (TPSA) is 171 Å². The van der Waals surface area contributed by atoms with Crippen LogP contribution in [0.25, 0.3) is 0 Å². The second kappa shape index (κ2) is 12.9. The smallest absolute Gasteiger partial charge is 0.315 e. The second-order valence-electron chi connectivity index (χ2n) is 7.91. The van der Waals surface area contributed by atoms with Gasteiger partial charge in [0.2, 0.25) is 5.91 Å².